The largest absolute Gasteiger partial charge is 0.755 e. The number of halogens is 2. The quantitative estimate of drug-likeness (QED) is 0.332. The summed E-state index contributed by atoms with van der Waals surface area (Å²) in [4.78, 5) is 19.6. The molecule has 0 N–H and O–H groups in total. The molecule has 2 aromatic heterocycles. The molecule has 0 radical (unpaired) electrons. The molecule has 148 valence electrons. The Bertz CT molecular complexity index is 1080. The molecule has 1 unspecified atom stereocenters. The molecule has 0 saturated heterocycles. The van der Waals surface area contributed by atoms with E-state index in [0.29, 0.717) is 4.31 Å². The van der Waals surface area contributed by atoms with Crippen LogP contribution >= 0.6 is 11.6 Å². The van der Waals surface area contributed by atoms with Crippen LogP contribution in [0.25, 0.3) is 5.65 Å². The molecule has 0 aliphatic rings. The highest BCUT2D eigenvalue weighted by Crippen LogP contribution is 2.35. The van der Waals surface area contributed by atoms with Gasteiger partial charge in [0.25, 0.3) is 5.95 Å². The third kappa shape index (κ3) is 3.61. The number of aromatic nitrogens is 4. The molecule has 28 heavy (non-hydrogen) atoms. The van der Waals surface area contributed by atoms with E-state index in [1.54, 1.807) is 6.92 Å². The van der Waals surface area contributed by atoms with Crippen molar-refractivity contribution in [1.29, 1.82) is 0 Å². The number of para-hydroxylation sites is 1. The standard InChI is InChI=1S/C15H13ClFN5O5S/c1-3-27-15-18-10(17)7-11-19-14(20-21(11)15)22(28(24)25)12-8(13(23)26-2)5-4-6-9(12)16/h4-7H,3H2,1-2H3,(H,24,25)/p-1. The Balaban J connectivity index is 2.24. The number of ether oxygens (including phenoxy) is 2. The molecule has 0 amide bonds. The number of hydrogen-bond acceptors (Lipinski definition) is 8. The summed E-state index contributed by atoms with van der Waals surface area (Å²) in [5, 5.41) is 3.94. The van der Waals surface area contributed by atoms with E-state index in [-0.39, 0.29) is 34.5 Å². The van der Waals surface area contributed by atoms with Gasteiger partial charge in [-0.3, -0.25) is 4.21 Å². The molecule has 1 aromatic carbocycles. The molecule has 0 saturated carbocycles. The van der Waals surface area contributed by atoms with Gasteiger partial charge >= 0.3 is 12.0 Å². The van der Waals surface area contributed by atoms with Crippen LogP contribution in [0.2, 0.25) is 5.02 Å². The number of nitrogens with zero attached hydrogens (tertiary/aromatic N) is 5. The lowest BCUT2D eigenvalue weighted by atomic mass is 10.2. The first-order valence-electron chi connectivity index (χ1n) is 7.69. The number of carbonyl (C=O) groups excluding carboxylic acids is 1. The van der Waals surface area contributed by atoms with E-state index in [2.05, 4.69) is 19.8 Å². The van der Waals surface area contributed by atoms with E-state index in [9.17, 15) is 17.9 Å². The van der Waals surface area contributed by atoms with Gasteiger partial charge in [0.05, 0.1) is 41.3 Å². The summed E-state index contributed by atoms with van der Waals surface area (Å²) in [6.07, 6.45) is 0. The minimum atomic E-state index is -2.99. The van der Waals surface area contributed by atoms with Crippen LogP contribution in [0.4, 0.5) is 16.0 Å². The Hall–Kier alpha value is -2.83. The van der Waals surface area contributed by atoms with Crippen molar-refractivity contribution >= 4 is 46.1 Å². The second kappa shape index (κ2) is 8.04. The number of carbonyl (C=O) groups is 1. The molecule has 0 aliphatic carbocycles. The molecule has 0 fully saturated rings. The number of methoxy groups -OCH3 is 1. The molecule has 0 bridgehead atoms. The van der Waals surface area contributed by atoms with Crippen molar-refractivity contribution in [2.24, 2.45) is 0 Å². The Morgan fingerprint density at radius 2 is 2.18 bits per heavy atom. The van der Waals surface area contributed by atoms with Gasteiger partial charge < -0.3 is 14.0 Å². The highest BCUT2D eigenvalue weighted by molar-refractivity contribution is 7.81. The highest BCUT2D eigenvalue weighted by Gasteiger charge is 2.26. The van der Waals surface area contributed by atoms with Gasteiger partial charge in [0.2, 0.25) is 5.95 Å². The van der Waals surface area contributed by atoms with E-state index < -0.39 is 29.1 Å². The fraction of sp³-hybridized carbons (Fsp3) is 0.200. The minimum Gasteiger partial charge on any atom is -0.755 e. The summed E-state index contributed by atoms with van der Waals surface area (Å²) >= 11 is 3.15. The highest BCUT2D eigenvalue weighted by atomic mass is 35.5. The van der Waals surface area contributed by atoms with Gasteiger partial charge in [-0.25, -0.2) is 9.10 Å². The van der Waals surface area contributed by atoms with Crippen LogP contribution in [-0.4, -0.2) is 48.0 Å². The molecule has 3 rings (SSSR count). The van der Waals surface area contributed by atoms with Crippen molar-refractivity contribution in [3.8, 4) is 6.01 Å². The number of hydrogen-bond donors (Lipinski definition) is 0. The van der Waals surface area contributed by atoms with Crippen molar-refractivity contribution in [2.45, 2.75) is 6.92 Å². The topological polar surface area (TPSA) is 122 Å². The summed E-state index contributed by atoms with van der Waals surface area (Å²) in [5.41, 5.74) is -0.410. The zero-order valence-electron chi connectivity index (χ0n) is 14.5. The Morgan fingerprint density at radius 1 is 1.43 bits per heavy atom. The maximum absolute atomic E-state index is 13.7. The van der Waals surface area contributed by atoms with Crippen LogP contribution in [-0.2, 0) is 16.0 Å². The summed E-state index contributed by atoms with van der Waals surface area (Å²) in [7, 11) is 1.14. The van der Waals surface area contributed by atoms with Crippen molar-refractivity contribution in [3.63, 3.8) is 0 Å². The van der Waals surface area contributed by atoms with E-state index in [1.807, 2.05) is 0 Å². The molecule has 13 heteroatoms. The van der Waals surface area contributed by atoms with E-state index in [1.165, 1.54) is 18.2 Å². The monoisotopic (exact) mass is 428 g/mol. The first-order chi connectivity index (χ1) is 13.4. The van der Waals surface area contributed by atoms with E-state index in [4.69, 9.17) is 16.3 Å². The normalized spacial score (nSPS) is 12.0. The smallest absolute Gasteiger partial charge is 0.340 e. The molecule has 2 heterocycles. The van der Waals surface area contributed by atoms with Crippen molar-refractivity contribution in [1.82, 2.24) is 19.6 Å². The van der Waals surface area contributed by atoms with E-state index >= 15 is 0 Å². The van der Waals surface area contributed by atoms with Gasteiger partial charge in [-0.15, -0.1) is 5.10 Å². The fourth-order valence-electron chi connectivity index (χ4n) is 2.37. The second-order valence-electron chi connectivity index (χ2n) is 5.12. The van der Waals surface area contributed by atoms with Crippen LogP contribution < -0.4 is 9.04 Å². The minimum absolute atomic E-state index is 0.0620. The van der Waals surface area contributed by atoms with Gasteiger partial charge in [0.1, 0.15) is 0 Å². The van der Waals surface area contributed by atoms with Crippen LogP contribution in [0.5, 0.6) is 6.01 Å². The average molecular weight is 429 g/mol. The summed E-state index contributed by atoms with van der Waals surface area (Å²) < 4.78 is 49.1. The summed E-state index contributed by atoms with van der Waals surface area (Å²) in [6.45, 7) is 1.82. The lowest BCUT2D eigenvalue weighted by molar-refractivity contribution is 0.0601. The summed E-state index contributed by atoms with van der Waals surface area (Å²) in [5.74, 6) is -2.11. The zero-order chi connectivity index (χ0) is 20.4. The molecule has 3 aromatic rings. The average Bonchev–Trinajstić information content (AvgIpc) is 3.06. The van der Waals surface area contributed by atoms with Crippen LogP contribution in [0.15, 0.2) is 24.3 Å². The molecule has 0 spiro atoms. The predicted octanol–water partition coefficient (Wildman–Crippen LogP) is 2.03. The van der Waals surface area contributed by atoms with Gasteiger partial charge in [-0.2, -0.15) is 18.9 Å². The SMILES string of the molecule is CCOc1nc(F)cc2nc(N(c3c(Cl)cccc3C(=O)OC)S(=O)[O-])nn12. The van der Waals surface area contributed by atoms with Gasteiger partial charge in [-0.1, -0.05) is 17.7 Å². The number of esters is 1. The molecule has 1 atom stereocenters. The number of fused-ring (bicyclic) bond motifs is 1. The second-order valence-corrected chi connectivity index (χ2v) is 6.32. The first kappa shape index (κ1) is 19.9. The van der Waals surface area contributed by atoms with Crippen LogP contribution in [0.3, 0.4) is 0 Å². The number of anilines is 2. The van der Waals surface area contributed by atoms with Crippen LogP contribution in [0, 0.1) is 5.95 Å². The molecular formula is C15H12ClFN5O5S-. The van der Waals surface area contributed by atoms with Gasteiger partial charge in [0.15, 0.2) is 5.65 Å². The third-order valence-electron chi connectivity index (χ3n) is 3.45. The van der Waals surface area contributed by atoms with Crippen molar-refractivity contribution in [3.05, 3.63) is 40.8 Å². The molecule has 0 aliphatic heterocycles. The Labute approximate surface area is 165 Å². The first-order valence-corrected chi connectivity index (χ1v) is 9.10. The van der Waals surface area contributed by atoms with Crippen molar-refractivity contribution in [2.75, 3.05) is 18.0 Å². The van der Waals surface area contributed by atoms with Crippen LogP contribution in [0.1, 0.15) is 17.3 Å². The van der Waals surface area contributed by atoms with Gasteiger partial charge in [-0.05, 0) is 19.1 Å². The summed E-state index contributed by atoms with van der Waals surface area (Å²) in [6, 6.07) is 4.88. The Morgan fingerprint density at radius 3 is 2.82 bits per heavy atom. The maximum atomic E-state index is 13.7. The third-order valence-corrected chi connectivity index (χ3v) is 4.40. The van der Waals surface area contributed by atoms with Gasteiger partial charge in [0, 0.05) is 6.07 Å². The maximum Gasteiger partial charge on any atom is 0.340 e. The zero-order valence-corrected chi connectivity index (χ0v) is 16.0. The lowest BCUT2D eigenvalue weighted by Crippen LogP contribution is -2.24. The number of rotatable bonds is 6. The lowest BCUT2D eigenvalue weighted by Gasteiger charge is -2.25. The van der Waals surface area contributed by atoms with E-state index in [0.717, 1.165) is 17.7 Å². The molecule has 10 nitrogen and oxygen atoms in total. The van der Waals surface area contributed by atoms with Crippen molar-refractivity contribution < 1.29 is 27.4 Å². The fourth-order valence-corrected chi connectivity index (χ4v) is 3.24. The molecular weight excluding hydrogens is 417 g/mol. The number of benzene rings is 1. The predicted molar refractivity (Wildman–Crippen MR) is 95.8 cm³/mol. The Kier molecular flexibility index (Phi) is 5.72.